The number of hydrogen-bond acceptors (Lipinski definition) is 2. The number of fused-ring (bicyclic) bond motifs is 3. The van der Waals surface area contributed by atoms with Crippen molar-refractivity contribution in [2.45, 2.75) is 25.3 Å². The quantitative estimate of drug-likeness (QED) is 0.758. The van der Waals surface area contributed by atoms with Crippen LogP contribution in [-0.2, 0) is 4.74 Å². The van der Waals surface area contributed by atoms with E-state index in [0.717, 1.165) is 19.6 Å². The molecule has 2 heterocycles. The smallest absolute Gasteiger partial charge is 0.0555 e. The zero-order valence-corrected chi connectivity index (χ0v) is 13.8. The summed E-state index contributed by atoms with van der Waals surface area (Å²) in [6.45, 7) is 3.86. The minimum Gasteiger partial charge on any atom is -0.381 e. The number of benzene rings is 2. The third-order valence-electron chi connectivity index (χ3n) is 5.19. The first-order chi connectivity index (χ1) is 11.2. The van der Waals surface area contributed by atoms with Crippen LogP contribution in [0, 0.1) is 6.92 Å². The normalized spacial score (nSPS) is 23.1. The molecule has 0 aromatic heterocycles. The molecule has 4 rings (SSSR count). The molecule has 0 aliphatic carbocycles. The van der Waals surface area contributed by atoms with Gasteiger partial charge in [-0.05, 0) is 42.2 Å². The largest absolute Gasteiger partial charge is 0.381 e. The average Bonchev–Trinajstić information content (AvgIpc) is 2.87. The van der Waals surface area contributed by atoms with Crippen LogP contribution < -0.4 is 4.90 Å². The number of rotatable bonds is 2. The molecule has 23 heavy (non-hydrogen) atoms. The maximum Gasteiger partial charge on any atom is 0.0555 e. The second kappa shape index (κ2) is 5.86. The second-order valence-corrected chi connectivity index (χ2v) is 6.71. The van der Waals surface area contributed by atoms with Gasteiger partial charge in [0, 0.05) is 31.3 Å². The summed E-state index contributed by atoms with van der Waals surface area (Å²) in [5.41, 5.74) is 6.63. The molecule has 0 N–H and O–H groups in total. The van der Waals surface area contributed by atoms with E-state index >= 15 is 0 Å². The zero-order chi connectivity index (χ0) is 15.8. The Kier molecular flexibility index (Phi) is 3.70. The van der Waals surface area contributed by atoms with E-state index in [-0.39, 0.29) is 0 Å². The molecule has 0 amide bonds. The highest BCUT2D eigenvalue weighted by molar-refractivity contribution is 5.73. The molecular weight excluding hydrogens is 282 g/mol. The van der Waals surface area contributed by atoms with E-state index in [1.165, 1.54) is 27.9 Å². The van der Waals surface area contributed by atoms with Crippen LogP contribution in [0.3, 0.4) is 0 Å². The summed E-state index contributed by atoms with van der Waals surface area (Å²) >= 11 is 0. The molecule has 2 heteroatoms. The number of anilines is 1. The molecular formula is C21H23NO. The Hall–Kier alpha value is -2.06. The van der Waals surface area contributed by atoms with Crippen LogP contribution in [0.1, 0.15) is 34.6 Å². The van der Waals surface area contributed by atoms with E-state index in [4.69, 9.17) is 4.74 Å². The maximum absolute atomic E-state index is 5.72. The van der Waals surface area contributed by atoms with Gasteiger partial charge in [0.05, 0.1) is 6.61 Å². The Morgan fingerprint density at radius 3 is 2.61 bits per heavy atom. The summed E-state index contributed by atoms with van der Waals surface area (Å²) in [6, 6.07) is 16.1. The van der Waals surface area contributed by atoms with Crippen molar-refractivity contribution in [3.8, 4) is 0 Å². The molecule has 2 nitrogen and oxygen atoms in total. The molecule has 2 aromatic carbocycles. The van der Waals surface area contributed by atoms with E-state index < -0.39 is 0 Å². The minimum atomic E-state index is 0.525. The fourth-order valence-electron chi connectivity index (χ4n) is 3.83. The van der Waals surface area contributed by atoms with Crippen molar-refractivity contribution in [3.05, 3.63) is 64.7 Å². The second-order valence-electron chi connectivity index (χ2n) is 6.71. The highest BCUT2D eigenvalue weighted by Crippen LogP contribution is 2.43. The lowest BCUT2D eigenvalue weighted by atomic mass is 9.91. The molecule has 0 saturated carbocycles. The summed E-state index contributed by atoms with van der Waals surface area (Å²) in [7, 11) is 2.22. The molecule has 2 atom stereocenters. The lowest BCUT2D eigenvalue weighted by Gasteiger charge is -2.30. The van der Waals surface area contributed by atoms with Gasteiger partial charge >= 0.3 is 0 Å². The Balaban J connectivity index is 1.61. The van der Waals surface area contributed by atoms with Gasteiger partial charge in [-0.25, -0.2) is 0 Å². The van der Waals surface area contributed by atoms with Gasteiger partial charge in [0.25, 0.3) is 0 Å². The monoisotopic (exact) mass is 305 g/mol. The Labute approximate surface area is 138 Å². The van der Waals surface area contributed by atoms with Gasteiger partial charge in [-0.3, -0.25) is 0 Å². The SMILES string of the molecule is Cc1ccc(/C=C\c2ccc3c(c2)C2COCCC2N3C)cc1. The molecule has 1 saturated heterocycles. The number of ether oxygens (including phenoxy) is 1. The molecule has 0 spiro atoms. The molecule has 2 unspecified atom stereocenters. The third kappa shape index (κ3) is 2.68. The summed E-state index contributed by atoms with van der Waals surface area (Å²) in [5.74, 6) is 0.525. The van der Waals surface area contributed by atoms with Crippen LogP contribution in [0.15, 0.2) is 42.5 Å². The molecule has 1 fully saturated rings. The van der Waals surface area contributed by atoms with Crippen LogP contribution in [-0.4, -0.2) is 26.3 Å². The highest BCUT2D eigenvalue weighted by Gasteiger charge is 2.38. The Morgan fingerprint density at radius 1 is 1.04 bits per heavy atom. The maximum atomic E-state index is 5.72. The predicted molar refractivity (Wildman–Crippen MR) is 96.9 cm³/mol. The summed E-state index contributed by atoms with van der Waals surface area (Å²) in [4.78, 5) is 2.44. The van der Waals surface area contributed by atoms with Crippen molar-refractivity contribution >= 4 is 17.8 Å². The minimum absolute atomic E-state index is 0.525. The van der Waals surface area contributed by atoms with E-state index in [1.54, 1.807) is 0 Å². The van der Waals surface area contributed by atoms with Crippen molar-refractivity contribution in [2.75, 3.05) is 25.2 Å². The standard InChI is InChI=1S/C21H23NO/c1-15-3-5-16(6-4-15)7-8-17-9-10-20-18(13-17)19-14-23-12-11-21(19)22(20)2/h3-10,13,19,21H,11-12,14H2,1-2H3/b8-7-. The van der Waals surface area contributed by atoms with E-state index in [0.29, 0.717) is 12.0 Å². The van der Waals surface area contributed by atoms with E-state index in [2.05, 4.69) is 73.5 Å². The lowest BCUT2D eigenvalue weighted by Crippen LogP contribution is -2.36. The predicted octanol–water partition coefficient (Wildman–Crippen LogP) is 4.49. The number of likely N-dealkylation sites (N-methyl/N-ethyl adjacent to an activating group) is 1. The van der Waals surface area contributed by atoms with Gasteiger partial charge in [-0.15, -0.1) is 0 Å². The van der Waals surface area contributed by atoms with Gasteiger partial charge in [0.2, 0.25) is 0 Å². The van der Waals surface area contributed by atoms with Crippen molar-refractivity contribution < 1.29 is 4.74 Å². The van der Waals surface area contributed by atoms with Crippen molar-refractivity contribution in [3.63, 3.8) is 0 Å². The van der Waals surface area contributed by atoms with Gasteiger partial charge in [-0.1, -0.05) is 48.0 Å². The summed E-state index contributed by atoms with van der Waals surface area (Å²) < 4.78 is 5.72. The molecule has 0 bridgehead atoms. The lowest BCUT2D eigenvalue weighted by molar-refractivity contribution is 0.0725. The van der Waals surface area contributed by atoms with E-state index in [1.807, 2.05) is 0 Å². The van der Waals surface area contributed by atoms with Gasteiger partial charge in [0.1, 0.15) is 0 Å². The summed E-state index contributed by atoms with van der Waals surface area (Å²) in [5, 5.41) is 0. The number of hydrogen-bond donors (Lipinski definition) is 0. The van der Waals surface area contributed by atoms with Gasteiger partial charge < -0.3 is 9.64 Å². The van der Waals surface area contributed by atoms with Crippen molar-refractivity contribution in [1.82, 2.24) is 0 Å². The molecule has 118 valence electrons. The number of aryl methyl sites for hydroxylation is 1. The fraction of sp³-hybridized carbons (Fsp3) is 0.333. The van der Waals surface area contributed by atoms with Crippen LogP contribution in [0.25, 0.3) is 12.2 Å². The van der Waals surface area contributed by atoms with Crippen LogP contribution in [0.2, 0.25) is 0 Å². The average molecular weight is 305 g/mol. The highest BCUT2D eigenvalue weighted by atomic mass is 16.5. The van der Waals surface area contributed by atoms with Gasteiger partial charge in [0.15, 0.2) is 0 Å². The van der Waals surface area contributed by atoms with Crippen LogP contribution in [0.4, 0.5) is 5.69 Å². The topological polar surface area (TPSA) is 12.5 Å². The first-order valence-corrected chi connectivity index (χ1v) is 8.41. The van der Waals surface area contributed by atoms with Crippen LogP contribution >= 0.6 is 0 Å². The van der Waals surface area contributed by atoms with Crippen molar-refractivity contribution in [2.24, 2.45) is 0 Å². The molecule has 2 aromatic rings. The Morgan fingerprint density at radius 2 is 1.78 bits per heavy atom. The molecule has 0 radical (unpaired) electrons. The van der Waals surface area contributed by atoms with Gasteiger partial charge in [-0.2, -0.15) is 0 Å². The van der Waals surface area contributed by atoms with Crippen molar-refractivity contribution in [1.29, 1.82) is 0 Å². The van der Waals surface area contributed by atoms with E-state index in [9.17, 15) is 0 Å². The molecule has 2 aliphatic rings. The fourth-order valence-corrected chi connectivity index (χ4v) is 3.83. The zero-order valence-electron chi connectivity index (χ0n) is 13.8. The first-order valence-electron chi connectivity index (χ1n) is 8.41. The third-order valence-corrected chi connectivity index (χ3v) is 5.19. The van der Waals surface area contributed by atoms with Crippen LogP contribution in [0.5, 0.6) is 0 Å². The number of nitrogens with zero attached hydrogens (tertiary/aromatic N) is 1. The molecule has 2 aliphatic heterocycles. The summed E-state index contributed by atoms with van der Waals surface area (Å²) in [6.07, 6.45) is 5.53. The Bertz CT molecular complexity index is 732. The first kappa shape index (κ1) is 14.5.